The Balaban J connectivity index is 1.91. The molecule has 0 bridgehead atoms. The van der Waals surface area contributed by atoms with Crippen molar-refractivity contribution in [2.24, 2.45) is 0 Å². The van der Waals surface area contributed by atoms with Crippen molar-refractivity contribution < 1.29 is 9.90 Å². The molecule has 2 aromatic heterocycles. The minimum atomic E-state index is -0.268. The summed E-state index contributed by atoms with van der Waals surface area (Å²) >= 11 is 0. The van der Waals surface area contributed by atoms with Crippen molar-refractivity contribution in [1.82, 2.24) is 20.1 Å². The normalized spacial score (nSPS) is 12.1. The van der Waals surface area contributed by atoms with Crippen LogP contribution in [0.5, 0.6) is 5.75 Å². The minimum Gasteiger partial charge on any atom is -0.506 e. The highest BCUT2D eigenvalue weighted by atomic mass is 16.3. The maximum absolute atomic E-state index is 11.8. The molecule has 6 heteroatoms. The van der Waals surface area contributed by atoms with E-state index in [-0.39, 0.29) is 23.4 Å². The molecule has 1 amide bonds. The second-order valence-corrected chi connectivity index (χ2v) is 4.46. The molecular weight excluding hydrogens is 244 g/mol. The van der Waals surface area contributed by atoms with Crippen molar-refractivity contribution in [3.63, 3.8) is 0 Å². The first-order valence-corrected chi connectivity index (χ1v) is 6.00. The van der Waals surface area contributed by atoms with Crippen LogP contribution in [-0.4, -0.2) is 32.3 Å². The number of hydrogen-bond acceptors (Lipinski definition) is 4. The van der Waals surface area contributed by atoms with Crippen molar-refractivity contribution in [2.45, 2.75) is 19.9 Å². The van der Waals surface area contributed by atoms with Crippen LogP contribution in [0, 0.1) is 6.92 Å². The predicted octanol–water partition coefficient (Wildman–Crippen LogP) is 1.28. The van der Waals surface area contributed by atoms with E-state index in [1.807, 2.05) is 20.0 Å². The molecule has 0 radical (unpaired) electrons. The predicted molar refractivity (Wildman–Crippen MR) is 69.9 cm³/mol. The van der Waals surface area contributed by atoms with E-state index in [1.54, 1.807) is 10.9 Å². The van der Waals surface area contributed by atoms with Gasteiger partial charge in [-0.25, -0.2) is 4.98 Å². The fourth-order valence-electron chi connectivity index (χ4n) is 1.62. The Morgan fingerprint density at radius 2 is 2.26 bits per heavy atom. The van der Waals surface area contributed by atoms with Gasteiger partial charge in [-0.05, 0) is 31.5 Å². The van der Waals surface area contributed by atoms with Gasteiger partial charge in [0.05, 0.1) is 18.4 Å². The molecule has 1 atom stereocenters. The van der Waals surface area contributed by atoms with Gasteiger partial charge in [0.25, 0.3) is 5.91 Å². The average Bonchev–Trinajstić information content (AvgIpc) is 2.83. The van der Waals surface area contributed by atoms with Crippen LogP contribution in [0.1, 0.15) is 29.0 Å². The molecule has 2 aromatic rings. The summed E-state index contributed by atoms with van der Waals surface area (Å²) in [5, 5.41) is 16.1. The van der Waals surface area contributed by atoms with Crippen LogP contribution in [0.2, 0.25) is 0 Å². The Labute approximate surface area is 111 Å². The molecule has 0 saturated heterocycles. The summed E-state index contributed by atoms with van der Waals surface area (Å²) in [5.41, 5.74) is 1.36. The Morgan fingerprint density at radius 3 is 2.84 bits per heavy atom. The van der Waals surface area contributed by atoms with Crippen LogP contribution in [0.3, 0.4) is 0 Å². The Morgan fingerprint density at radius 1 is 1.47 bits per heavy atom. The lowest BCUT2D eigenvalue weighted by atomic mass is 10.3. The maximum Gasteiger partial charge on any atom is 0.269 e. The monoisotopic (exact) mass is 260 g/mol. The summed E-state index contributed by atoms with van der Waals surface area (Å²) in [6, 6.07) is 2.98. The smallest absolute Gasteiger partial charge is 0.269 e. The summed E-state index contributed by atoms with van der Waals surface area (Å²) in [5.74, 6) is -0.229. The molecule has 0 aliphatic rings. The number of nitrogens with zero attached hydrogens (tertiary/aromatic N) is 3. The number of nitrogens with one attached hydrogen (secondary N) is 1. The van der Waals surface area contributed by atoms with E-state index < -0.39 is 0 Å². The molecule has 0 spiro atoms. The van der Waals surface area contributed by atoms with Crippen LogP contribution < -0.4 is 5.32 Å². The molecule has 6 nitrogen and oxygen atoms in total. The molecule has 0 aliphatic heterocycles. The van der Waals surface area contributed by atoms with E-state index in [0.29, 0.717) is 6.54 Å². The van der Waals surface area contributed by atoms with Gasteiger partial charge in [0, 0.05) is 12.7 Å². The summed E-state index contributed by atoms with van der Waals surface area (Å²) in [7, 11) is 0. The van der Waals surface area contributed by atoms with Gasteiger partial charge in [0.1, 0.15) is 11.4 Å². The van der Waals surface area contributed by atoms with E-state index in [4.69, 9.17) is 5.11 Å². The molecule has 2 heterocycles. The van der Waals surface area contributed by atoms with E-state index in [1.165, 1.54) is 18.3 Å². The third kappa shape index (κ3) is 3.31. The van der Waals surface area contributed by atoms with Gasteiger partial charge in [-0.1, -0.05) is 0 Å². The zero-order valence-corrected chi connectivity index (χ0v) is 10.9. The first-order valence-electron chi connectivity index (χ1n) is 6.00. The van der Waals surface area contributed by atoms with Crippen LogP contribution in [-0.2, 0) is 0 Å². The number of aromatic nitrogens is 3. The highest BCUT2D eigenvalue weighted by Gasteiger charge is 2.10. The standard InChI is InChI=1S/C13H16N4O2/c1-9-5-16-17(8-9)10(2)6-15-13(19)12-4-3-11(18)7-14-12/h3-5,7-8,10,18H,6H2,1-2H3,(H,15,19)/t10-/m0/s1. The molecule has 19 heavy (non-hydrogen) atoms. The second-order valence-electron chi connectivity index (χ2n) is 4.46. The first kappa shape index (κ1) is 13.1. The zero-order chi connectivity index (χ0) is 13.8. The highest BCUT2D eigenvalue weighted by Crippen LogP contribution is 2.07. The second kappa shape index (κ2) is 5.51. The van der Waals surface area contributed by atoms with Crippen LogP contribution in [0.15, 0.2) is 30.7 Å². The van der Waals surface area contributed by atoms with Gasteiger partial charge in [0.2, 0.25) is 0 Å². The molecule has 2 rings (SSSR count). The van der Waals surface area contributed by atoms with Gasteiger partial charge < -0.3 is 10.4 Å². The summed E-state index contributed by atoms with van der Waals surface area (Å²) in [6.07, 6.45) is 4.95. The van der Waals surface area contributed by atoms with Gasteiger partial charge in [-0.15, -0.1) is 0 Å². The lowest BCUT2D eigenvalue weighted by Gasteiger charge is -2.13. The Bertz CT molecular complexity index is 562. The summed E-state index contributed by atoms with van der Waals surface area (Å²) in [6.45, 7) is 4.40. The number of aromatic hydroxyl groups is 1. The molecular formula is C13H16N4O2. The number of aryl methyl sites for hydroxylation is 1. The topological polar surface area (TPSA) is 80.0 Å². The van der Waals surface area contributed by atoms with Gasteiger partial charge in [-0.2, -0.15) is 5.10 Å². The lowest BCUT2D eigenvalue weighted by molar-refractivity contribution is 0.0943. The molecule has 0 aliphatic carbocycles. The lowest BCUT2D eigenvalue weighted by Crippen LogP contribution is -2.30. The molecule has 0 unspecified atom stereocenters. The SMILES string of the molecule is Cc1cnn([C@@H](C)CNC(=O)c2ccc(O)cn2)c1. The summed E-state index contributed by atoms with van der Waals surface area (Å²) < 4.78 is 1.81. The van der Waals surface area contributed by atoms with Crippen LogP contribution in [0.4, 0.5) is 0 Å². The van der Waals surface area contributed by atoms with Crippen molar-refractivity contribution in [2.75, 3.05) is 6.54 Å². The number of pyridine rings is 1. The zero-order valence-electron chi connectivity index (χ0n) is 10.9. The number of carbonyl (C=O) groups is 1. The largest absolute Gasteiger partial charge is 0.506 e. The third-order valence-corrected chi connectivity index (χ3v) is 2.72. The number of hydrogen-bond donors (Lipinski definition) is 2. The van der Waals surface area contributed by atoms with Gasteiger partial charge >= 0.3 is 0 Å². The van der Waals surface area contributed by atoms with Crippen molar-refractivity contribution in [3.8, 4) is 5.75 Å². The maximum atomic E-state index is 11.8. The van der Waals surface area contributed by atoms with Gasteiger partial charge in [0.15, 0.2) is 0 Å². The third-order valence-electron chi connectivity index (χ3n) is 2.72. The summed E-state index contributed by atoms with van der Waals surface area (Å²) in [4.78, 5) is 15.7. The quantitative estimate of drug-likeness (QED) is 0.868. The molecule has 0 aromatic carbocycles. The minimum absolute atomic E-state index is 0.0388. The molecule has 0 fully saturated rings. The fourth-order valence-corrected chi connectivity index (χ4v) is 1.62. The van der Waals surface area contributed by atoms with E-state index in [2.05, 4.69) is 15.4 Å². The molecule has 2 N–H and O–H groups in total. The van der Waals surface area contributed by atoms with E-state index >= 15 is 0 Å². The van der Waals surface area contributed by atoms with Crippen molar-refractivity contribution >= 4 is 5.91 Å². The Kier molecular flexibility index (Phi) is 3.79. The average molecular weight is 260 g/mol. The fraction of sp³-hybridized carbons (Fsp3) is 0.308. The number of rotatable bonds is 4. The van der Waals surface area contributed by atoms with Crippen LogP contribution >= 0.6 is 0 Å². The van der Waals surface area contributed by atoms with E-state index in [0.717, 1.165) is 5.56 Å². The van der Waals surface area contributed by atoms with Crippen molar-refractivity contribution in [1.29, 1.82) is 0 Å². The van der Waals surface area contributed by atoms with Crippen molar-refractivity contribution in [3.05, 3.63) is 42.0 Å². The van der Waals surface area contributed by atoms with Crippen LogP contribution in [0.25, 0.3) is 0 Å². The molecule has 100 valence electrons. The van der Waals surface area contributed by atoms with E-state index in [9.17, 15) is 4.79 Å². The van der Waals surface area contributed by atoms with Gasteiger partial charge in [-0.3, -0.25) is 9.48 Å². The first-order chi connectivity index (χ1) is 9.06. The molecule has 0 saturated carbocycles. The highest BCUT2D eigenvalue weighted by molar-refractivity contribution is 5.92. The number of carbonyl (C=O) groups excluding carboxylic acids is 1. The number of amides is 1. The Hall–Kier alpha value is -2.37.